The molecule has 1 amide bonds. The molecular formula is C8H3BrFNO3. The van der Waals surface area contributed by atoms with Crippen molar-refractivity contribution >= 4 is 28.1 Å². The van der Waals surface area contributed by atoms with Gasteiger partial charge in [-0.3, -0.25) is 0 Å². The van der Waals surface area contributed by atoms with Gasteiger partial charge in [0.1, 0.15) is 0 Å². The Bertz CT molecular complexity index is 415. The molecular weight excluding hydrogens is 257 g/mol. The first-order valence-corrected chi connectivity index (χ1v) is 4.17. The number of hydrogen-bond donors (Lipinski definition) is 0. The van der Waals surface area contributed by atoms with Crippen molar-refractivity contribution in [2.24, 2.45) is 4.99 Å². The summed E-state index contributed by atoms with van der Waals surface area (Å²) in [4.78, 5) is 22.9. The first-order valence-electron chi connectivity index (χ1n) is 3.38. The maximum Gasteiger partial charge on any atom is 0.450 e. The van der Waals surface area contributed by atoms with Crippen LogP contribution in [0.15, 0.2) is 27.7 Å². The number of rotatable bonds is 1. The lowest BCUT2D eigenvalue weighted by molar-refractivity contribution is 0.209. The Kier molecular flexibility index (Phi) is 3.50. The lowest BCUT2D eigenvalue weighted by Gasteiger charge is -2.01. The molecule has 0 saturated heterocycles. The van der Waals surface area contributed by atoms with Gasteiger partial charge in [-0.15, -0.1) is 0 Å². The predicted octanol–water partition coefficient (Wildman–Crippen LogP) is 2.42. The van der Waals surface area contributed by atoms with Gasteiger partial charge in [0.2, 0.25) is 6.08 Å². The van der Waals surface area contributed by atoms with Crippen molar-refractivity contribution in [1.82, 2.24) is 0 Å². The van der Waals surface area contributed by atoms with E-state index in [4.69, 9.17) is 0 Å². The average molecular weight is 260 g/mol. The van der Waals surface area contributed by atoms with E-state index >= 15 is 0 Å². The summed E-state index contributed by atoms with van der Waals surface area (Å²) < 4.78 is 17.9. The van der Waals surface area contributed by atoms with Crippen LogP contribution in [0.3, 0.4) is 0 Å². The highest BCUT2D eigenvalue weighted by Gasteiger charge is 2.08. The first kappa shape index (κ1) is 10.6. The topological polar surface area (TPSA) is 55.7 Å². The molecule has 0 heterocycles. The zero-order valence-corrected chi connectivity index (χ0v) is 8.25. The van der Waals surface area contributed by atoms with Gasteiger partial charge in [0, 0.05) is 4.47 Å². The molecule has 1 aromatic carbocycles. The van der Waals surface area contributed by atoms with E-state index in [2.05, 4.69) is 25.7 Å². The summed E-state index contributed by atoms with van der Waals surface area (Å²) in [6, 6.07) is 3.79. The second-order valence-corrected chi connectivity index (χ2v) is 3.06. The number of halogens is 2. The maximum absolute atomic E-state index is 12.9. The van der Waals surface area contributed by atoms with Crippen LogP contribution in [0.5, 0.6) is 5.75 Å². The number of carbonyl (C=O) groups excluding carboxylic acids is 2. The Balaban J connectivity index is 2.90. The average Bonchev–Trinajstić information content (AvgIpc) is 2.12. The molecule has 72 valence electrons. The van der Waals surface area contributed by atoms with Crippen molar-refractivity contribution in [2.75, 3.05) is 0 Å². The summed E-state index contributed by atoms with van der Waals surface area (Å²) in [5, 5.41) is 0. The van der Waals surface area contributed by atoms with Crippen molar-refractivity contribution in [3.05, 3.63) is 28.5 Å². The molecule has 0 spiro atoms. The molecule has 0 radical (unpaired) electrons. The molecule has 0 fully saturated rings. The molecule has 0 bridgehead atoms. The van der Waals surface area contributed by atoms with Gasteiger partial charge in [-0.1, -0.05) is 20.9 Å². The molecule has 0 aliphatic rings. The number of amides is 1. The Morgan fingerprint density at radius 3 is 2.93 bits per heavy atom. The van der Waals surface area contributed by atoms with Crippen molar-refractivity contribution in [3.63, 3.8) is 0 Å². The van der Waals surface area contributed by atoms with Crippen molar-refractivity contribution < 1.29 is 18.7 Å². The first-order chi connectivity index (χ1) is 6.63. The Morgan fingerprint density at radius 2 is 2.29 bits per heavy atom. The third kappa shape index (κ3) is 2.76. The number of benzene rings is 1. The molecule has 0 aliphatic carbocycles. The van der Waals surface area contributed by atoms with E-state index in [-0.39, 0.29) is 5.75 Å². The fraction of sp³-hybridized carbons (Fsp3) is 0. The number of ether oxygens (including phenoxy) is 1. The Labute approximate surface area is 86.5 Å². The van der Waals surface area contributed by atoms with E-state index in [1.165, 1.54) is 12.1 Å². The van der Waals surface area contributed by atoms with Gasteiger partial charge in [0.25, 0.3) is 0 Å². The number of carbonyl (C=O) groups is 1. The van der Waals surface area contributed by atoms with Crippen molar-refractivity contribution in [1.29, 1.82) is 0 Å². The van der Waals surface area contributed by atoms with Gasteiger partial charge in [0.15, 0.2) is 11.6 Å². The Morgan fingerprint density at radius 1 is 1.57 bits per heavy atom. The fourth-order valence-corrected chi connectivity index (χ4v) is 1.05. The smallest absolute Gasteiger partial charge is 0.405 e. The van der Waals surface area contributed by atoms with E-state index < -0.39 is 11.9 Å². The van der Waals surface area contributed by atoms with Crippen LogP contribution in [0, 0.1) is 5.82 Å². The molecule has 1 aromatic rings. The summed E-state index contributed by atoms with van der Waals surface area (Å²) in [5.74, 6) is -1.02. The third-order valence-electron chi connectivity index (χ3n) is 1.23. The second-order valence-electron chi connectivity index (χ2n) is 2.15. The monoisotopic (exact) mass is 259 g/mol. The van der Waals surface area contributed by atoms with Crippen LogP contribution in [0.1, 0.15) is 0 Å². The van der Waals surface area contributed by atoms with Gasteiger partial charge in [-0.2, -0.15) is 0 Å². The van der Waals surface area contributed by atoms with E-state index in [1.54, 1.807) is 0 Å². The van der Waals surface area contributed by atoms with Crippen LogP contribution in [-0.2, 0) is 4.79 Å². The van der Waals surface area contributed by atoms with Gasteiger partial charge >= 0.3 is 6.09 Å². The highest BCUT2D eigenvalue weighted by Crippen LogP contribution is 2.22. The predicted molar refractivity (Wildman–Crippen MR) is 48.2 cm³/mol. The second kappa shape index (κ2) is 4.64. The summed E-state index contributed by atoms with van der Waals surface area (Å²) in [7, 11) is 0. The number of nitrogens with zero attached hydrogens (tertiary/aromatic N) is 1. The van der Waals surface area contributed by atoms with Crippen LogP contribution in [-0.4, -0.2) is 12.2 Å². The van der Waals surface area contributed by atoms with Crippen molar-refractivity contribution in [3.8, 4) is 5.75 Å². The molecule has 0 atom stereocenters. The number of hydrogen-bond acceptors (Lipinski definition) is 3. The van der Waals surface area contributed by atoms with Crippen LogP contribution in [0.2, 0.25) is 0 Å². The molecule has 6 heteroatoms. The lowest BCUT2D eigenvalue weighted by Crippen LogP contribution is -2.03. The molecule has 0 aliphatic heterocycles. The van der Waals surface area contributed by atoms with E-state index in [0.29, 0.717) is 4.47 Å². The minimum Gasteiger partial charge on any atom is -0.405 e. The van der Waals surface area contributed by atoms with E-state index in [0.717, 1.165) is 12.1 Å². The molecule has 0 aromatic heterocycles. The number of isocyanates is 1. The molecule has 4 nitrogen and oxygen atoms in total. The quantitative estimate of drug-likeness (QED) is 0.575. The minimum absolute atomic E-state index is 0.302. The molecule has 0 N–H and O–H groups in total. The maximum atomic E-state index is 12.9. The summed E-state index contributed by atoms with van der Waals surface area (Å²) >= 11 is 3.06. The third-order valence-corrected chi connectivity index (χ3v) is 1.72. The highest BCUT2D eigenvalue weighted by atomic mass is 79.9. The molecule has 0 saturated carbocycles. The van der Waals surface area contributed by atoms with Crippen molar-refractivity contribution in [2.45, 2.75) is 0 Å². The highest BCUT2D eigenvalue weighted by molar-refractivity contribution is 9.10. The van der Waals surface area contributed by atoms with Crippen LogP contribution in [0.25, 0.3) is 0 Å². The normalized spacial score (nSPS) is 9.00. The minimum atomic E-state index is -1.21. The fourth-order valence-electron chi connectivity index (χ4n) is 0.710. The van der Waals surface area contributed by atoms with Gasteiger partial charge in [0.05, 0.1) is 0 Å². The molecule has 1 rings (SSSR count). The SMILES string of the molecule is O=C=NC(=O)Oc1cc(Br)ccc1F. The zero-order chi connectivity index (χ0) is 10.6. The van der Waals surface area contributed by atoms with Crippen LogP contribution >= 0.6 is 15.9 Å². The van der Waals surface area contributed by atoms with E-state index in [9.17, 15) is 14.0 Å². The van der Waals surface area contributed by atoms with Gasteiger partial charge < -0.3 is 4.74 Å². The van der Waals surface area contributed by atoms with Gasteiger partial charge in [-0.25, -0.2) is 14.0 Å². The summed E-state index contributed by atoms with van der Waals surface area (Å²) in [6.07, 6.45) is -0.223. The van der Waals surface area contributed by atoms with Gasteiger partial charge in [-0.05, 0) is 18.2 Å². The largest absolute Gasteiger partial charge is 0.450 e. The van der Waals surface area contributed by atoms with Crippen LogP contribution in [0.4, 0.5) is 9.18 Å². The van der Waals surface area contributed by atoms with Crippen LogP contribution < -0.4 is 4.74 Å². The molecule has 14 heavy (non-hydrogen) atoms. The van der Waals surface area contributed by atoms with E-state index in [1.807, 2.05) is 0 Å². The number of aliphatic imine (C=N–C) groups is 1. The summed E-state index contributed by atoms with van der Waals surface area (Å²) in [6.45, 7) is 0. The Hall–Kier alpha value is -1.52. The lowest BCUT2D eigenvalue weighted by atomic mass is 10.3. The molecule has 0 unspecified atom stereocenters. The summed E-state index contributed by atoms with van der Waals surface area (Å²) in [5.41, 5.74) is 0. The standard InChI is InChI=1S/C8H3BrFNO3/c9-5-1-2-6(10)7(3-5)14-8(13)11-4-12/h1-3H. The zero-order valence-electron chi connectivity index (χ0n) is 6.66.